The number of rotatable bonds is 2. The molecule has 0 amide bonds. The van der Waals surface area contributed by atoms with Crippen LogP contribution in [-0.4, -0.2) is 5.11 Å². The van der Waals surface area contributed by atoms with Gasteiger partial charge in [-0.15, -0.1) is 0 Å². The highest BCUT2D eigenvalue weighted by atomic mass is 19.4. The van der Waals surface area contributed by atoms with E-state index in [1.54, 1.807) is 0 Å². The molecule has 0 fully saturated rings. The Kier molecular flexibility index (Phi) is 3.97. The van der Waals surface area contributed by atoms with E-state index in [9.17, 15) is 22.7 Å². The van der Waals surface area contributed by atoms with Crippen molar-refractivity contribution < 1.29 is 22.7 Å². The number of phenols is 1. The van der Waals surface area contributed by atoms with Crippen LogP contribution in [0.5, 0.6) is 5.75 Å². The van der Waals surface area contributed by atoms with Crippen molar-refractivity contribution in [2.75, 3.05) is 5.32 Å². The summed E-state index contributed by atoms with van der Waals surface area (Å²) in [6, 6.07) is 4.28. The van der Waals surface area contributed by atoms with Crippen LogP contribution in [0.25, 0.3) is 0 Å². The fourth-order valence-electron chi connectivity index (χ4n) is 1.19. The number of nitrogens with one attached hydrogen (secondary N) is 1. The van der Waals surface area contributed by atoms with Crippen LogP contribution < -0.4 is 5.32 Å². The van der Waals surface area contributed by atoms with Gasteiger partial charge in [-0.05, 0) is 12.1 Å². The van der Waals surface area contributed by atoms with Crippen molar-refractivity contribution in [2.24, 2.45) is 0 Å². The quantitative estimate of drug-likeness (QED) is 0.492. The van der Waals surface area contributed by atoms with Gasteiger partial charge < -0.3 is 10.4 Å². The van der Waals surface area contributed by atoms with Gasteiger partial charge in [0.25, 0.3) is 0 Å². The third kappa shape index (κ3) is 3.13. The molecule has 4 nitrogen and oxygen atoms in total. The van der Waals surface area contributed by atoms with Crippen molar-refractivity contribution in [3.05, 3.63) is 35.3 Å². The molecule has 0 saturated heterocycles. The molecule has 0 aliphatic rings. The Balaban J connectivity index is 3.24. The third-order valence-electron chi connectivity index (χ3n) is 2.02. The summed E-state index contributed by atoms with van der Waals surface area (Å²) in [7, 11) is 0. The van der Waals surface area contributed by atoms with Crippen LogP contribution in [-0.2, 0) is 6.18 Å². The lowest BCUT2D eigenvalue weighted by Gasteiger charge is -2.13. The van der Waals surface area contributed by atoms with Crippen molar-refractivity contribution in [1.29, 1.82) is 10.5 Å². The van der Waals surface area contributed by atoms with Crippen LogP contribution in [0.15, 0.2) is 23.9 Å². The second-order valence-electron chi connectivity index (χ2n) is 3.24. The average molecular weight is 271 g/mol. The molecule has 0 aliphatic carbocycles. The van der Waals surface area contributed by atoms with E-state index in [1.807, 2.05) is 0 Å². The molecule has 0 atom stereocenters. The topological polar surface area (TPSA) is 79.8 Å². The number of anilines is 1. The standard InChI is InChI=1S/C11H5F4N3O/c12-7-1-2-8(18-5-6(3-16)4-17)10(19)9(7)11(13,14)15/h1-2,5,18-19H. The summed E-state index contributed by atoms with van der Waals surface area (Å²) >= 11 is 0. The molecule has 19 heavy (non-hydrogen) atoms. The van der Waals surface area contributed by atoms with Gasteiger partial charge in [0.1, 0.15) is 29.1 Å². The molecule has 98 valence electrons. The van der Waals surface area contributed by atoms with Gasteiger partial charge in [-0.25, -0.2) is 4.39 Å². The van der Waals surface area contributed by atoms with E-state index in [-0.39, 0.29) is 0 Å². The van der Waals surface area contributed by atoms with Crippen LogP contribution in [0.4, 0.5) is 23.2 Å². The molecule has 1 aromatic carbocycles. The molecule has 0 spiro atoms. The molecule has 8 heteroatoms. The van der Waals surface area contributed by atoms with Gasteiger partial charge >= 0.3 is 6.18 Å². The Morgan fingerprint density at radius 1 is 1.26 bits per heavy atom. The lowest BCUT2D eigenvalue weighted by molar-refractivity contribution is -0.141. The van der Waals surface area contributed by atoms with E-state index < -0.39 is 34.6 Å². The number of aromatic hydroxyl groups is 1. The maximum atomic E-state index is 13.0. The van der Waals surface area contributed by atoms with Gasteiger partial charge in [0, 0.05) is 6.20 Å². The first kappa shape index (κ1) is 14.3. The number of nitriles is 2. The van der Waals surface area contributed by atoms with Crippen molar-refractivity contribution in [3.63, 3.8) is 0 Å². The largest absolute Gasteiger partial charge is 0.505 e. The number of hydrogen-bond acceptors (Lipinski definition) is 4. The van der Waals surface area contributed by atoms with Crippen molar-refractivity contribution in [1.82, 2.24) is 0 Å². The number of benzene rings is 1. The highest BCUT2D eigenvalue weighted by molar-refractivity contribution is 5.62. The molecular formula is C11H5F4N3O. The Morgan fingerprint density at radius 3 is 2.32 bits per heavy atom. The van der Waals surface area contributed by atoms with Crippen molar-refractivity contribution in [3.8, 4) is 17.9 Å². The summed E-state index contributed by atoms with van der Waals surface area (Å²) in [5.41, 5.74) is -2.71. The predicted octanol–water partition coefficient (Wildman–Crippen LogP) is 2.89. The normalized spacial score (nSPS) is 10.2. The molecule has 0 unspecified atom stereocenters. The first-order valence-electron chi connectivity index (χ1n) is 4.66. The van der Waals surface area contributed by atoms with Crippen LogP contribution in [0.1, 0.15) is 5.56 Å². The first-order valence-corrected chi connectivity index (χ1v) is 4.66. The van der Waals surface area contributed by atoms with Crippen LogP contribution in [0.3, 0.4) is 0 Å². The van der Waals surface area contributed by atoms with E-state index >= 15 is 0 Å². The Bertz CT molecular complexity index is 592. The molecule has 0 saturated carbocycles. The SMILES string of the molecule is N#CC(C#N)=CNc1ccc(F)c(C(F)(F)F)c1O. The maximum absolute atomic E-state index is 13.0. The summed E-state index contributed by atoms with van der Waals surface area (Å²) in [4.78, 5) is 0. The predicted molar refractivity (Wildman–Crippen MR) is 56.0 cm³/mol. The van der Waals surface area contributed by atoms with Crippen LogP contribution in [0.2, 0.25) is 0 Å². The Labute approximate surface area is 104 Å². The molecule has 1 rings (SSSR count). The fourth-order valence-corrected chi connectivity index (χ4v) is 1.19. The van der Waals surface area contributed by atoms with Crippen molar-refractivity contribution >= 4 is 5.69 Å². The zero-order valence-corrected chi connectivity index (χ0v) is 9.09. The lowest BCUT2D eigenvalue weighted by Crippen LogP contribution is -2.09. The first-order chi connectivity index (χ1) is 8.81. The number of nitrogens with zero attached hydrogens (tertiary/aromatic N) is 2. The highest BCUT2D eigenvalue weighted by Gasteiger charge is 2.38. The monoisotopic (exact) mass is 271 g/mol. The van der Waals surface area contributed by atoms with E-state index in [2.05, 4.69) is 5.32 Å². The van der Waals surface area contributed by atoms with Gasteiger partial charge in [0.2, 0.25) is 0 Å². The fraction of sp³-hybridized carbons (Fsp3) is 0.0909. The van der Waals surface area contributed by atoms with E-state index in [0.29, 0.717) is 6.07 Å². The summed E-state index contributed by atoms with van der Waals surface area (Å²) in [5.74, 6) is -2.97. The molecule has 0 heterocycles. The Morgan fingerprint density at radius 2 is 1.84 bits per heavy atom. The molecule has 0 bridgehead atoms. The van der Waals surface area contributed by atoms with Crippen LogP contribution >= 0.6 is 0 Å². The number of alkyl halides is 3. The van der Waals surface area contributed by atoms with Gasteiger partial charge in [0.05, 0.1) is 5.69 Å². The summed E-state index contributed by atoms with van der Waals surface area (Å²) < 4.78 is 50.4. The van der Waals surface area contributed by atoms with E-state index in [4.69, 9.17) is 10.5 Å². The van der Waals surface area contributed by atoms with Gasteiger partial charge in [-0.3, -0.25) is 0 Å². The smallest absolute Gasteiger partial charge is 0.422 e. The average Bonchev–Trinajstić information content (AvgIpc) is 2.31. The molecule has 0 radical (unpaired) electrons. The van der Waals surface area contributed by atoms with Gasteiger partial charge in [0.15, 0.2) is 5.75 Å². The second-order valence-corrected chi connectivity index (χ2v) is 3.24. The third-order valence-corrected chi connectivity index (χ3v) is 2.02. The molecule has 0 aliphatic heterocycles. The summed E-state index contributed by atoms with van der Waals surface area (Å²) in [6.07, 6.45) is -4.27. The van der Waals surface area contributed by atoms with Crippen LogP contribution in [0, 0.1) is 28.5 Å². The minimum absolute atomic E-state index is 0.419. The number of hydrogen-bond donors (Lipinski definition) is 2. The zero-order chi connectivity index (χ0) is 14.6. The van der Waals surface area contributed by atoms with Gasteiger partial charge in [-0.1, -0.05) is 0 Å². The Hall–Kier alpha value is -2.74. The molecule has 1 aromatic rings. The molecule has 2 N–H and O–H groups in total. The molecular weight excluding hydrogens is 266 g/mol. The molecule has 0 aromatic heterocycles. The lowest BCUT2D eigenvalue weighted by atomic mass is 10.1. The minimum atomic E-state index is -5.07. The highest BCUT2D eigenvalue weighted by Crippen LogP contribution is 2.41. The minimum Gasteiger partial charge on any atom is -0.505 e. The van der Waals surface area contributed by atoms with Gasteiger partial charge in [-0.2, -0.15) is 23.7 Å². The summed E-state index contributed by atoms with van der Waals surface area (Å²) in [6.45, 7) is 0. The number of phenolic OH excluding ortho intramolecular Hbond substituents is 1. The van der Waals surface area contributed by atoms with Crippen molar-refractivity contribution in [2.45, 2.75) is 6.18 Å². The second kappa shape index (κ2) is 5.27. The summed E-state index contributed by atoms with van der Waals surface area (Å²) in [5, 5.41) is 28.3. The maximum Gasteiger partial charge on any atom is 0.422 e. The van der Waals surface area contributed by atoms with E-state index in [0.717, 1.165) is 12.3 Å². The zero-order valence-electron chi connectivity index (χ0n) is 9.09. The number of allylic oxidation sites excluding steroid dienone is 1. The van der Waals surface area contributed by atoms with E-state index in [1.165, 1.54) is 12.1 Å². The number of halogens is 4.